The normalized spacial score (nSPS) is 14.1. The van der Waals surface area contributed by atoms with E-state index in [0.29, 0.717) is 12.1 Å². The molecular weight excluding hydrogens is 396 g/mol. The average Bonchev–Trinajstić information content (AvgIpc) is 3.17. The van der Waals surface area contributed by atoms with E-state index in [4.69, 9.17) is 11.1 Å². The summed E-state index contributed by atoms with van der Waals surface area (Å²) in [7, 11) is 0. The fourth-order valence-electron chi connectivity index (χ4n) is 3.77. The molecule has 0 saturated heterocycles. The number of amidine groups is 1. The van der Waals surface area contributed by atoms with Crippen LogP contribution in [-0.4, -0.2) is 23.7 Å². The summed E-state index contributed by atoms with van der Waals surface area (Å²) in [4.78, 5) is 12.2. The smallest absolute Gasteiger partial charge is 0.155 e. The number of hydrogen-bond donors (Lipinski definition) is 4. The van der Waals surface area contributed by atoms with Crippen LogP contribution in [0.25, 0.3) is 0 Å². The minimum atomic E-state index is -0.406. The Hall–Kier alpha value is -2.97. The van der Waals surface area contributed by atoms with Gasteiger partial charge in [0.1, 0.15) is 5.84 Å². The van der Waals surface area contributed by atoms with Gasteiger partial charge in [-0.3, -0.25) is 10.2 Å². The number of nitrogens with one attached hydrogen (secondary N) is 3. The number of carbonyl (C=O) groups excluding carboxylic acids is 1. The zero-order valence-corrected chi connectivity index (χ0v) is 18.3. The number of anilines is 2. The summed E-state index contributed by atoms with van der Waals surface area (Å²) >= 11 is 0. The van der Waals surface area contributed by atoms with E-state index >= 15 is 0 Å². The van der Waals surface area contributed by atoms with Gasteiger partial charge in [0.15, 0.2) is 5.78 Å². The predicted octanol–water partition coefficient (Wildman–Crippen LogP) is 4.48. The second-order valence-electron chi connectivity index (χ2n) is 7.65. The summed E-state index contributed by atoms with van der Waals surface area (Å²) in [5.41, 5.74) is 9.72. The van der Waals surface area contributed by atoms with Crippen LogP contribution in [0.4, 0.5) is 11.4 Å². The second-order valence-corrected chi connectivity index (χ2v) is 7.65. The Balaban J connectivity index is 0.00000320. The number of ketones is 1. The van der Waals surface area contributed by atoms with Gasteiger partial charge in [-0.05, 0) is 62.6 Å². The zero-order chi connectivity index (χ0) is 20.9. The Morgan fingerprint density at radius 3 is 2.57 bits per heavy atom. The minimum Gasteiger partial charge on any atom is -0.384 e. The van der Waals surface area contributed by atoms with Gasteiger partial charge in [-0.1, -0.05) is 36.8 Å². The Morgan fingerprint density at radius 1 is 1.20 bits per heavy atom. The number of aryl methyl sites for hydroxylation is 1. The maximum atomic E-state index is 12.2. The molecule has 0 aliphatic heterocycles. The first kappa shape index (κ1) is 23.3. The van der Waals surface area contributed by atoms with Crippen LogP contribution in [0.15, 0.2) is 42.5 Å². The molecule has 5 N–H and O–H groups in total. The van der Waals surface area contributed by atoms with Gasteiger partial charge in [0.25, 0.3) is 0 Å². The van der Waals surface area contributed by atoms with Crippen LogP contribution in [-0.2, 0) is 4.79 Å². The molecule has 158 valence electrons. The monoisotopic (exact) mass is 424 g/mol. The average molecular weight is 425 g/mol. The molecule has 0 atom stereocenters. The van der Waals surface area contributed by atoms with Gasteiger partial charge in [-0.2, -0.15) is 0 Å². The lowest BCUT2D eigenvalue weighted by Crippen LogP contribution is -2.42. The van der Waals surface area contributed by atoms with E-state index in [1.807, 2.05) is 37.3 Å². The maximum Gasteiger partial charge on any atom is 0.155 e. The summed E-state index contributed by atoms with van der Waals surface area (Å²) in [6.45, 7) is 4.22. The first-order chi connectivity index (χ1) is 13.9. The van der Waals surface area contributed by atoms with Crippen LogP contribution in [0.5, 0.6) is 0 Å². The molecule has 0 unspecified atom stereocenters. The van der Waals surface area contributed by atoms with Crippen LogP contribution < -0.4 is 16.4 Å². The Bertz CT molecular complexity index is 984. The minimum absolute atomic E-state index is 0. The SMILES string of the molecule is CC(=O)C1(Nc2ccc(C#CCNc3cccc(C(=N)N)c3)cc2C)CCCC1.Cl. The van der Waals surface area contributed by atoms with Gasteiger partial charge < -0.3 is 16.4 Å². The lowest BCUT2D eigenvalue weighted by Gasteiger charge is -2.29. The first-order valence-corrected chi connectivity index (χ1v) is 9.97. The van der Waals surface area contributed by atoms with Crippen molar-refractivity contribution in [3.05, 3.63) is 59.2 Å². The molecule has 1 fully saturated rings. The van der Waals surface area contributed by atoms with Crippen molar-refractivity contribution in [2.24, 2.45) is 5.73 Å². The predicted molar refractivity (Wildman–Crippen MR) is 127 cm³/mol. The van der Waals surface area contributed by atoms with Crippen molar-refractivity contribution in [2.45, 2.75) is 45.1 Å². The van der Waals surface area contributed by atoms with E-state index in [2.05, 4.69) is 28.5 Å². The maximum absolute atomic E-state index is 12.2. The Morgan fingerprint density at radius 2 is 1.93 bits per heavy atom. The van der Waals surface area contributed by atoms with Crippen molar-refractivity contribution in [1.29, 1.82) is 5.41 Å². The third-order valence-electron chi connectivity index (χ3n) is 5.52. The quantitative estimate of drug-likeness (QED) is 0.312. The molecule has 0 heterocycles. The lowest BCUT2D eigenvalue weighted by atomic mass is 9.92. The molecule has 0 spiro atoms. The van der Waals surface area contributed by atoms with E-state index < -0.39 is 5.54 Å². The number of rotatable bonds is 6. The Labute approximate surface area is 184 Å². The highest BCUT2D eigenvalue weighted by atomic mass is 35.5. The van der Waals surface area contributed by atoms with Crippen LogP contribution >= 0.6 is 12.4 Å². The van der Waals surface area contributed by atoms with Gasteiger partial charge in [0.2, 0.25) is 0 Å². The summed E-state index contributed by atoms with van der Waals surface area (Å²) in [6.07, 6.45) is 3.99. The number of halogens is 1. The van der Waals surface area contributed by atoms with Crippen LogP contribution in [0, 0.1) is 24.2 Å². The number of nitrogen functional groups attached to an aromatic ring is 1. The number of carbonyl (C=O) groups is 1. The fourth-order valence-corrected chi connectivity index (χ4v) is 3.77. The van der Waals surface area contributed by atoms with Gasteiger partial charge in [0.05, 0.1) is 12.1 Å². The second kappa shape index (κ2) is 10.2. The van der Waals surface area contributed by atoms with Crippen molar-refractivity contribution < 1.29 is 4.79 Å². The molecule has 2 aromatic rings. The van der Waals surface area contributed by atoms with Crippen LogP contribution in [0.3, 0.4) is 0 Å². The number of nitrogens with two attached hydrogens (primary N) is 1. The van der Waals surface area contributed by atoms with Gasteiger partial charge in [-0.15, -0.1) is 12.4 Å². The first-order valence-electron chi connectivity index (χ1n) is 9.97. The van der Waals surface area contributed by atoms with Crippen LogP contribution in [0.2, 0.25) is 0 Å². The number of Topliss-reactive ketones (excluding diaryl/α,β-unsaturated/α-hetero) is 1. The highest BCUT2D eigenvalue weighted by Crippen LogP contribution is 2.35. The number of hydrogen-bond acceptors (Lipinski definition) is 4. The standard InChI is InChI=1S/C24H28N4O.ClH/c1-17-15-19(7-6-14-27-21-9-5-8-20(16-21)23(25)26)10-11-22(17)28-24(18(2)29)12-3-4-13-24;/h5,8-11,15-16,27-28H,3-4,12-14H2,1-2H3,(H3,25,26);1H. The van der Waals surface area contributed by atoms with E-state index in [9.17, 15) is 4.79 Å². The summed E-state index contributed by atoms with van der Waals surface area (Å²) in [6, 6.07) is 13.5. The highest BCUT2D eigenvalue weighted by Gasteiger charge is 2.38. The van der Waals surface area contributed by atoms with E-state index in [1.54, 1.807) is 13.0 Å². The third-order valence-corrected chi connectivity index (χ3v) is 5.52. The van der Waals surface area contributed by atoms with Crippen molar-refractivity contribution in [2.75, 3.05) is 17.2 Å². The fraction of sp³-hybridized carbons (Fsp3) is 0.333. The molecule has 5 nitrogen and oxygen atoms in total. The molecule has 0 bridgehead atoms. The molecule has 6 heteroatoms. The van der Waals surface area contributed by atoms with Crippen molar-refractivity contribution in [1.82, 2.24) is 0 Å². The van der Waals surface area contributed by atoms with Gasteiger partial charge in [0, 0.05) is 22.5 Å². The largest absolute Gasteiger partial charge is 0.384 e. The molecule has 2 aromatic carbocycles. The molecule has 0 aromatic heterocycles. The van der Waals surface area contributed by atoms with Crippen molar-refractivity contribution in [3.8, 4) is 11.8 Å². The molecular formula is C24H29ClN4O. The Kier molecular flexibility index (Phi) is 7.91. The molecule has 0 radical (unpaired) electrons. The molecule has 30 heavy (non-hydrogen) atoms. The molecule has 3 rings (SSSR count). The molecule has 1 saturated carbocycles. The van der Waals surface area contributed by atoms with Crippen molar-refractivity contribution >= 4 is 35.4 Å². The molecule has 1 aliphatic rings. The highest BCUT2D eigenvalue weighted by molar-refractivity contribution is 5.95. The summed E-state index contributed by atoms with van der Waals surface area (Å²) < 4.78 is 0. The molecule has 0 amide bonds. The zero-order valence-electron chi connectivity index (χ0n) is 17.5. The van der Waals surface area contributed by atoms with E-state index in [-0.39, 0.29) is 24.0 Å². The number of benzene rings is 2. The lowest BCUT2D eigenvalue weighted by molar-refractivity contribution is -0.121. The molecule has 1 aliphatic carbocycles. The summed E-state index contributed by atoms with van der Waals surface area (Å²) in [5.74, 6) is 6.57. The van der Waals surface area contributed by atoms with Gasteiger partial charge >= 0.3 is 0 Å². The van der Waals surface area contributed by atoms with Gasteiger partial charge in [-0.25, -0.2) is 0 Å². The third kappa shape index (κ3) is 5.55. The van der Waals surface area contributed by atoms with E-state index in [1.165, 1.54) is 0 Å². The van der Waals surface area contributed by atoms with Crippen molar-refractivity contribution in [3.63, 3.8) is 0 Å². The summed E-state index contributed by atoms with van der Waals surface area (Å²) in [5, 5.41) is 14.2. The van der Waals surface area contributed by atoms with Crippen LogP contribution in [0.1, 0.15) is 49.3 Å². The topological polar surface area (TPSA) is 91.0 Å². The van der Waals surface area contributed by atoms with E-state index in [0.717, 1.165) is 48.2 Å².